The van der Waals surface area contributed by atoms with Crippen molar-refractivity contribution in [2.75, 3.05) is 5.32 Å². The molecule has 0 saturated carbocycles. The van der Waals surface area contributed by atoms with E-state index < -0.39 is 22.6 Å². The van der Waals surface area contributed by atoms with Crippen LogP contribution >= 0.6 is 11.8 Å². The van der Waals surface area contributed by atoms with Gasteiger partial charge in [-0.15, -0.1) is 0 Å². The van der Waals surface area contributed by atoms with Gasteiger partial charge in [-0.3, -0.25) is 9.59 Å². The standard InChI is InChI=1S/C16H16F3NO3S/c1-15(2)7-11(21)13(12(22)8-15)14(23)20-9-3-5-10(6-4-9)24-16(17,18)19/h3-6,21H,7-8H2,1-2H3,(H,20,23). The number of Topliss-reactive ketones (excluding diaryl/α,β-unsaturated/α-hetero) is 1. The molecule has 0 bridgehead atoms. The molecule has 0 unspecified atom stereocenters. The van der Waals surface area contributed by atoms with Gasteiger partial charge in [0, 0.05) is 23.4 Å². The molecule has 0 aromatic heterocycles. The molecule has 0 aliphatic heterocycles. The fourth-order valence-corrected chi connectivity index (χ4v) is 3.02. The van der Waals surface area contributed by atoms with Crippen LogP contribution in [0.3, 0.4) is 0 Å². The van der Waals surface area contributed by atoms with Crippen molar-refractivity contribution < 1.29 is 27.9 Å². The Labute approximate surface area is 141 Å². The number of anilines is 1. The predicted molar refractivity (Wildman–Crippen MR) is 84.7 cm³/mol. The first-order valence-electron chi connectivity index (χ1n) is 7.09. The van der Waals surface area contributed by atoms with Gasteiger partial charge in [-0.2, -0.15) is 13.2 Å². The molecule has 130 valence electrons. The molecule has 24 heavy (non-hydrogen) atoms. The highest BCUT2D eigenvalue weighted by atomic mass is 32.2. The van der Waals surface area contributed by atoms with Crippen LogP contribution in [0.15, 0.2) is 40.5 Å². The number of aliphatic hydroxyl groups excluding tert-OH is 1. The third kappa shape index (κ3) is 4.77. The van der Waals surface area contributed by atoms with Crippen molar-refractivity contribution in [3.63, 3.8) is 0 Å². The van der Waals surface area contributed by atoms with E-state index in [1.807, 2.05) is 13.8 Å². The second kappa shape index (κ2) is 6.51. The highest BCUT2D eigenvalue weighted by Gasteiger charge is 2.36. The smallest absolute Gasteiger partial charge is 0.446 e. The summed E-state index contributed by atoms with van der Waals surface area (Å²) >= 11 is -0.259. The summed E-state index contributed by atoms with van der Waals surface area (Å²) in [4.78, 5) is 24.2. The molecule has 2 N–H and O–H groups in total. The zero-order valence-electron chi connectivity index (χ0n) is 13.0. The Balaban J connectivity index is 2.11. The van der Waals surface area contributed by atoms with E-state index in [9.17, 15) is 27.9 Å². The Bertz CT molecular complexity index is 694. The summed E-state index contributed by atoms with van der Waals surface area (Å²) in [5, 5.41) is 12.4. The van der Waals surface area contributed by atoms with Crippen LogP contribution < -0.4 is 5.32 Å². The Morgan fingerprint density at radius 2 is 1.79 bits per heavy atom. The molecule has 1 aliphatic carbocycles. The number of rotatable bonds is 3. The lowest BCUT2D eigenvalue weighted by atomic mass is 9.76. The second-order valence-corrected chi connectivity index (χ2v) is 7.43. The average Bonchev–Trinajstić information content (AvgIpc) is 2.36. The fourth-order valence-electron chi connectivity index (χ4n) is 2.48. The molecule has 8 heteroatoms. The van der Waals surface area contributed by atoms with Crippen LogP contribution in [-0.2, 0) is 9.59 Å². The number of benzene rings is 1. The normalized spacial score (nSPS) is 17.8. The van der Waals surface area contributed by atoms with Crippen molar-refractivity contribution >= 4 is 29.1 Å². The highest BCUT2D eigenvalue weighted by molar-refractivity contribution is 8.00. The SMILES string of the molecule is CC1(C)CC(=O)C(C(=O)Nc2ccc(SC(F)(F)F)cc2)=C(O)C1. The maximum atomic E-state index is 12.3. The minimum Gasteiger partial charge on any atom is -0.511 e. The predicted octanol–water partition coefficient (Wildman–Crippen LogP) is 4.44. The first-order valence-corrected chi connectivity index (χ1v) is 7.91. The molecule has 0 atom stereocenters. The van der Waals surface area contributed by atoms with Crippen LogP contribution in [0.2, 0.25) is 0 Å². The monoisotopic (exact) mass is 359 g/mol. The number of thioether (sulfide) groups is 1. The summed E-state index contributed by atoms with van der Waals surface area (Å²) < 4.78 is 36.8. The van der Waals surface area contributed by atoms with Crippen LogP contribution in [0.4, 0.5) is 18.9 Å². The molecular formula is C16H16F3NO3S. The molecule has 1 aliphatic rings. The summed E-state index contributed by atoms with van der Waals surface area (Å²) in [5.41, 5.74) is -4.85. The number of alkyl halides is 3. The molecule has 0 saturated heterocycles. The van der Waals surface area contributed by atoms with Crippen LogP contribution in [0.5, 0.6) is 0 Å². The van der Waals surface area contributed by atoms with Gasteiger partial charge in [0.05, 0.1) is 0 Å². The number of allylic oxidation sites excluding steroid dienone is 1. The number of aliphatic hydroxyl groups is 1. The Hall–Kier alpha value is -1.96. The van der Waals surface area contributed by atoms with Gasteiger partial charge in [0.15, 0.2) is 5.78 Å². The van der Waals surface area contributed by atoms with Gasteiger partial charge < -0.3 is 10.4 Å². The molecule has 0 spiro atoms. The number of hydrogen-bond acceptors (Lipinski definition) is 4. The molecule has 1 amide bonds. The number of hydrogen-bond donors (Lipinski definition) is 2. The molecular weight excluding hydrogens is 343 g/mol. The van der Waals surface area contributed by atoms with Gasteiger partial charge in [0.25, 0.3) is 5.91 Å². The lowest BCUT2D eigenvalue weighted by Gasteiger charge is -2.29. The molecule has 0 fully saturated rings. The lowest BCUT2D eigenvalue weighted by molar-refractivity contribution is -0.122. The topological polar surface area (TPSA) is 66.4 Å². The van der Waals surface area contributed by atoms with E-state index >= 15 is 0 Å². The number of halogens is 3. The maximum absolute atomic E-state index is 12.3. The number of ketones is 1. The molecule has 0 heterocycles. The quantitative estimate of drug-likeness (QED) is 0.619. The van der Waals surface area contributed by atoms with Gasteiger partial charge in [0.1, 0.15) is 11.3 Å². The first-order chi connectivity index (χ1) is 11.0. The molecule has 4 nitrogen and oxygen atoms in total. The van der Waals surface area contributed by atoms with Crippen molar-refractivity contribution in [1.82, 2.24) is 0 Å². The molecule has 0 radical (unpaired) electrons. The summed E-state index contributed by atoms with van der Waals surface area (Å²) in [7, 11) is 0. The third-order valence-corrected chi connectivity index (χ3v) is 4.16. The zero-order valence-corrected chi connectivity index (χ0v) is 13.8. The molecule has 1 aromatic carbocycles. The van der Waals surface area contributed by atoms with Crippen molar-refractivity contribution in [2.45, 2.75) is 37.1 Å². The minimum absolute atomic E-state index is 0.0157. The summed E-state index contributed by atoms with van der Waals surface area (Å²) in [6.07, 6.45) is 0.351. The van der Waals surface area contributed by atoms with E-state index in [1.165, 1.54) is 24.3 Å². The largest absolute Gasteiger partial charge is 0.511 e. The number of amides is 1. The Morgan fingerprint density at radius 1 is 1.21 bits per heavy atom. The first kappa shape index (κ1) is 18.4. The minimum atomic E-state index is -4.39. The highest BCUT2D eigenvalue weighted by Crippen LogP contribution is 2.38. The molecule has 2 rings (SSSR count). The molecule has 1 aromatic rings. The summed E-state index contributed by atoms with van der Waals surface area (Å²) in [6, 6.07) is 5.04. The van der Waals surface area contributed by atoms with Gasteiger partial charge in [0.2, 0.25) is 0 Å². The van der Waals surface area contributed by atoms with E-state index in [2.05, 4.69) is 5.32 Å². The van der Waals surface area contributed by atoms with Gasteiger partial charge >= 0.3 is 5.51 Å². The van der Waals surface area contributed by atoms with Crippen molar-refractivity contribution in [3.8, 4) is 0 Å². The van der Waals surface area contributed by atoms with Crippen LogP contribution in [0.25, 0.3) is 0 Å². The van der Waals surface area contributed by atoms with E-state index in [1.54, 1.807) is 0 Å². The van der Waals surface area contributed by atoms with E-state index in [0.717, 1.165) is 0 Å². The summed E-state index contributed by atoms with van der Waals surface area (Å²) in [5.74, 6) is -1.48. The van der Waals surface area contributed by atoms with Crippen LogP contribution in [0.1, 0.15) is 26.7 Å². The van der Waals surface area contributed by atoms with Crippen LogP contribution in [-0.4, -0.2) is 22.3 Å². The van der Waals surface area contributed by atoms with Gasteiger partial charge in [-0.1, -0.05) is 13.8 Å². The lowest BCUT2D eigenvalue weighted by Crippen LogP contribution is -2.31. The zero-order chi connectivity index (χ0) is 18.1. The Kier molecular flexibility index (Phi) is 4.98. The van der Waals surface area contributed by atoms with E-state index in [0.29, 0.717) is 0 Å². The number of carbonyl (C=O) groups is 2. The van der Waals surface area contributed by atoms with Crippen LogP contribution in [0, 0.1) is 5.41 Å². The van der Waals surface area contributed by atoms with Crippen molar-refractivity contribution in [3.05, 3.63) is 35.6 Å². The second-order valence-electron chi connectivity index (χ2n) is 6.29. The number of carbonyl (C=O) groups excluding carboxylic acids is 2. The van der Waals surface area contributed by atoms with E-state index in [-0.39, 0.29) is 46.5 Å². The average molecular weight is 359 g/mol. The summed E-state index contributed by atoms with van der Waals surface area (Å²) in [6.45, 7) is 3.62. The maximum Gasteiger partial charge on any atom is 0.446 e. The van der Waals surface area contributed by atoms with E-state index in [4.69, 9.17) is 0 Å². The van der Waals surface area contributed by atoms with Crippen molar-refractivity contribution in [1.29, 1.82) is 0 Å². The van der Waals surface area contributed by atoms with Gasteiger partial charge in [-0.25, -0.2) is 0 Å². The fraction of sp³-hybridized carbons (Fsp3) is 0.375. The van der Waals surface area contributed by atoms with Gasteiger partial charge in [-0.05, 0) is 41.4 Å². The number of nitrogens with one attached hydrogen (secondary N) is 1. The third-order valence-electron chi connectivity index (χ3n) is 3.43. The Morgan fingerprint density at radius 3 is 2.29 bits per heavy atom. The van der Waals surface area contributed by atoms with Crippen molar-refractivity contribution in [2.24, 2.45) is 5.41 Å².